The summed E-state index contributed by atoms with van der Waals surface area (Å²) in [7, 11) is 3.20. The van der Waals surface area contributed by atoms with E-state index in [1.807, 2.05) is 27.7 Å². The van der Waals surface area contributed by atoms with Crippen molar-refractivity contribution in [2.24, 2.45) is 7.05 Å². The van der Waals surface area contributed by atoms with Crippen LogP contribution in [0.1, 0.15) is 55.4 Å². The topological polar surface area (TPSA) is 53.4 Å². The fourth-order valence-corrected chi connectivity index (χ4v) is 3.19. The minimum absolute atomic E-state index is 0.117. The Kier molecular flexibility index (Phi) is 5.01. The molecule has 140 valence electrons. The third-order valence-electron chi connectivity index (χ3n) is 6.25. The van der Waals surface area contributed by atoms with Crippen LogP contribution in [-0.2, 0) is 16.4 Å². The Morgan fingerprint density at radius 3 is 1.92 bits per heavy atom. The van der Waals surface area contributed by atoms with E-state index in [4.69, 9.17) is 9.31 Å². The van der Waals surface area contributed by atoms with Gasteiger partial charge in [0.05, 0.1) is 35.8 Å². The molecule has 0 radical (unpaired) electrons. The number of hydrogen-bond acceptors (Lipinski definition) is 4. The van der Waals surface area contributed by atoms with Crippen molar-refractivity contribution in [2.75, 3.05) is 7.05 Å². The smallest absolute Gasteiger partial charge is 0.399 e. The van der Waals surface area contributed by atoms with E-state index in [0.717, 1.165) is 5.95 Å². The largest absolute Gasteiger partial charge is 0.502 e. The highest BCUT2D eigenvalue weighted by molar-refractivity contribution is 6.61. The van der Waals surface area contributed by atoms with Gasteiger partial charge >= 0.3 is 13.1 Å². The number of rotatable bonds is 4. The zero-order valence-corrected chi connectivity index (χ0v) is 17.4. The first-order chi connectivity index (χ1) is 11.3. The minimum Gasteiger partial charge on any atom is -0.399 e. The molecule has 25 heavy (non-hydrogen) atoms. The molecule has 0 atom stereocenters. The first kappa shape index (κ1) is 20.1. The van der Waals surface area contributed by atoms with Crippen molar-refractivity contribution >= 4 is 18.5 Å². The van der Waals surface area contributed by atoms with Gasteiger partial charge in [0.1, 0.15) is 0 Å². The Labute approximate surface area is 151 Å². The molecule has 7 heteroatoms. The molecule has 0 aliphatic carbocycles. The Morgan fingerprint density at radius 1 is 1.08 bits per heavy atom. The molecule has 1 aromatic rings. The summed E-state index contributed by atoms with van der Waals surface area (Å²) in [5.74, 6) is 0.746. The minimum atomic E-state index is -0.692. The molecule has 1 aromatic heterocycles. The van der Waals surface area contributed by atoms with Crippen molar-refractivity contribution in [3.8, 4) is 0 Å². The third-order valence-corrected chi connectivity index (χ3v) is 6.25. The molecule has 0 bridgehead atoms. The third kappa shape index (κ3) is 3.07. The summed E-state index contributed by atoms with van der Waals surface area (Å²) in [6.45, 7) is 16.5. The first-order valence-corrected chi connectivity index (χ1v) is 9.03. The fraction of sp³-hybridized carbons (Fsp3) is 0.778. The molecule has 2 rings (SSSR count). The summed E-state index contributed by atoms with van der Waals surface area (Å²) < 4.78 is 14.3. The van der Waals surface area contributed by atoms with Gasteiger partial charge in [-0.05, 0) is 55.4 Å². The van der Waals surface area contributed by atoms with E-state index in [0.29, 0.717) is 22.0 Å². The van der Waals surface area contributed by atoms with Crippen molar-refractivity contribution in [1.29, 1.82) is 0 Å². The van der Waals surface area contributed by atoms with Gasteiger partial charge in [-0.1, -0.05) is 0 Å². The van der Waals surface area contributed by atoms with Crippen LogP contribution >= 0.6 is 0 Å². The summed E-state index contributed by atoms with van der Waals surface area (Å²) >= 11 is 0. The van der Waals surface area contributed by atoms with Crippen LogP contribution in [0.2, 0.25) is 0 Å². The summed E-state index contributed by atoms with van der Waals surface area (Å²) in [5.41, 5.74) is -0.637. The second kappa shape index (κ2) is 6.22. The monoisotopic (exact) mass is 350 g/mol. The lowest BCUT2D eigenvalue weighted by molar-refractivity contribution is 0.00578. The molecule has 2 heterocycles. The van der Waals surface area contributed by atoms with Crippen LogP contribution in [0.5, 0.6) is 0 Å². The molecule has 0 unspecified atom stereocenters. The zero-order valence-electron chi connectivity index (χ0n) is 17.4. The molecule has 1 saturated heterocycles. The van der Waals surface area contributed by atoms with Crippen LogP contribution in [0.3, 0.4) is 0 Å². The van der Waals surface area contributed by atoms with Crippen molar-refractivity contribution in [2.45, 2.75) is 78.7 Å². The molecular weight excluding hydrogens is 317 g/mol. The van der Waals surface area contributed by atoms with Gasteiger partial charge in [0.25, 0.3) is 5.56 Å². The van der Waals surface area contributed by atoms with E-state index < -0.39 is 18.3 Å². The summed E-state index contributed by atoms with van der Waals surface area (Å²) in [4.78, 5) is 17.7. The first-order valence-electron chi connectivity index (χ1n) is 9.03. The van der Waals surface area contributed by atoms with Crippen molar-refractivity contribution < 1.29 is 9.31 Å². The van der Waals surface area contributed by atoms with Crippen LogP contribution in [0.4, 0.5) is 5.95 Å². The van der Waals surface area contributed by atoms with E-state index >= 15 is 0 Å². The maximum atomic E-state index is 13.0. The summed E-state index contributed by atoms with van der Waals surface area (Å²) in [5, 5.41) is 0. The van der Waals surface area contributed by atoms with Crippen LogP contribution in [0, 0.1) is 0 Å². The van der Waals surface area contributed by atoms with Gasteiger partial charge in [-0.3, -0.25) is 9.28 Å². The highest BCUT2D eigenvalue weighted by Crippen LogP contribution is 2.36. The van der Waals surface area contributed by atoms with Gasteiger partial charge in [-0.25, -0.2) is 4.57 Å². The molecule has 0 spiro atoms. The number of hydrogen-bond donors (Lipinski definition) is 0. The molecule has 6 nitrogen and oxygen atoms in total. The lowest BCUT2D eigenvalue weighted by Gasteiger charge is -2.40. The van der Waals surface area contributed by atoms with Gasteiger partial charge in [0, 0.05) is 13.2 Å². The lowest BCUT2D eigenvalue weighted by Crippen LogP contribution is -2.59. The normalized spacial score (nSPS) is 19.9. The quantitative estimate of drug-likeness (QED) is 0.614. The predicted molar refractivity (Wildman–Crippen MR) is 103 cm³/mol. The molecule has 0 amide bonds. The predicted octanol–water partition coefficient (Wildman–Crippen LogP) is 1.83. The average Bonchev–Trinajstić information content (AvgIpc) is 2.68. The van der Waals surface area contributed by atoms with Gasteiger partial charge in [0.2, 0.25) is 0 Å². The maximum Gasteiger partial charge on any atom is 0.502 e. The molecular formula is C18H33BN3O3+. The molecule has 0 N–H and O–H groups in total. The maximum absolute atomic E-state index is 13.0. The number of aromatic nitrogens is 2. The Balaban J connectivity index is 2.52. The van der Waals surface area contributed by atoms with Gasteiger partial charge in [0.15, 0.2) is 0 Å². The Bertz CT molecular complexity index is 686. The van der Waals surface area contributed by atoms with Crippen LogP contribution in [-0.4, -0.2) is 47.0 Å². The Hall–Kier alpha value is -1.18. The van der Waals surface area contributed by atoms with Crippen molar-refractivity contribution in [3.63, 3.8) is 0 Å². The molecule has 1 aliphatic heterocycles. The second-order valence-corrected chi connectivity index (χ2v) is 8.80. The lowest BCUT2D eigenvalue weighted by atomic mass is 9.81. The zero-order chi connectivity index (χ0) is 19.4. The summed E-state index contributed by atoms with van der Waals surface area (Å²) in [6, 6.07) is 0.585. The van der Waals surface area contributed by atoms with Gasteiger partial charge in [-0.15, -0.1) is 0 Å². The van der Waals surface area contributed by atoms with E-state index in [1.54, 1.807) is 17.8 Å². The van der Waals surface area contributed by atoms with Crippen molar-refractivity contribution in [1.82, 2.24) is 14.0 Å². The molecule has 0 saturated carbocycles. The SMILES string of the molecule is CC(C)[N+](C)(c1ncc(B2OC(C)(C)C(C)(C)O2)c(=O)n1C)C(C)C. The van der Waals surface area contributed by atoms with Gasteiger partial charge in [-0.2, -0.15) is 4.98 Å². The number of quaternary nitrogens is 1. The molecule has 1 fully saturated rings. The van der Waals surface area contributed by atoms with Crippen LogP contribution in [0.15, 0.2) is 11.0 Å². The average molecular weight is 350 g/mol. The standard InChI is InChI=1S/C18H33BN3O3/c1-12(2)22(10,13(3)4)16-20-11-14(15(23)21(16)9)19-24-17(5,6)18(7,8)25-19/h11-13H,1-10H3/q+1. The molecule has 0 aromatic carbocycles. The molecule has 1 aliphatic rings. The van der Waals surface area contributed by atoms with E-state index in [-0.39, 0.29) is 5.56 Å². The van der Waals surface area contributed by atoms with Crippen LogP contribution < -0.4 is 15.5 Å². The summed E-state index contributed by atoms with van der Waals surface area (Å²) in [6.07, 6.45) is 1.63. The second-order valence-electron chi connectivity index (χ2n) is 8.80. The van der Waals surface area contributed by atoms with E-state index in [2.05, 4.69) is 39.7 Å². The highest BCUT2D eigenvalue weighted by Gasteiger charge is 2.53. The van der Waals surface area contributed by atoms with Crippen molar-refractivity contribution in [3.05, 3.63) is 16.6 Å². The Morgan fingerprint density at radius 2 is 1.52 bits per heavy atom. The highest BCUT2D eigenvalue weighted by atomic mass is 16.7. The van der Waals surface area contributed by atoms with Gasteiger partial charge < -0.3 is 9.31 Å². The number of nitrogens with zero attached hydrogens (tertiary/aromatic N) is 3. The van der Waals surface area contributed by atoms with E-state index in [9.17, 15) is 4.79 Å². The van der Waals surface area contributed by atoms with E-state index in [1.165, 1.54) is 0 Å². The fourth-order valence-electron chi connectivity index (χ4n) is 3.19. The van der Waals surface area contributed by atoms with Crippen LogP contribution in [0.25, 0.3) is 0 Å².